The van der Waals surface area contributed by atoms with Gasteiger partial charge < -0.3 is 10.4 Å². The van der Waals surface area contributed by atoms with Crippen LogP contribution in [0.15, 0.2) is 11.4 Å². The summed E-state index contributed by atoms with van der Waals surface area (Å²) in [6, 6.07) is 4.01. The van der Waals surface area contributed by atoms with Crippen molar-refractivity contribution >= 4 is 11.3 Å². The van der Waals surface area contributed by atoms with Gasteiger partial charge in [0.05, 0.1) is 6.10 Å². The lowest BCUT2D eigenvalue weighted by Crippen LogP contribution is -2.52. The first-order valence-corrected chi connectivity index (χ1v) is 10.4. The van der Waals surface area contributed by atoms with E-state index in [9.17, 15) is 5.11 Å². The highest BCUT2D eigenvalue weighted by atomic mass is 32.1. The van der Waals surface area contributed by atoms with Crippen LogP contribution in [-0.4, -0.2) is 41.3 Å². The van der Waals surface area contributed by atoms with E-state index in [1.165, 1.54) is 51.4 Å². The molecule has 0 aromatic carbocycles. The number of aliphatic hydroxyl groups excluding tert-OH is 1. The molecule has 2 heterocycles. The van der Waals surface area contributed by atoms with Gasteiger partial charge in [-0.2, -0.15) is 0 Å². The van der Waals surface area contributed by atoms with E-state index in [-0.39, 0.29) is 6.10 Å². The largest absolute Gasteiger partial charge is 0.391 e. The smallest absolute Gasteiger partial charge is 0.0695 e. The summed E-state index contributed by atoms with van der Waals surface area (Å²) in [4.78, 5) is 4.18. The summed E-state index contributed by atoms with van der Waals surface area (Å²) in [5.41, 5.74) is 1.58. The lowest BCUT2D eigenvalue weighted by atomic mass is 9.89. The highest BCUT2D eigenvalue weighted by molar-refractivity contribution is 7.10. The second-order valence-electron chi connectivity index (χ2n) is 7.64. The maximum absolute atomic E-state index is 10.3. The molecule has 4 rings (SSSR count). The third-order valence-electron chi connectivity index (χ3n) is 6.18. The zero-order chi connectivity index (χ0) is 15.6. The molecule has 3 unspecified atom stereocenters. The normalized spacial score (nSPS) is 33.5. The molecular weight excluding hydrogens is 304 g/mol. The molecule has 1 aromatic heterocycles. The molecule has 3 aliphatic rings. The first-order chi connectivity index (χ1) is 11.3. The molecule has 0 amide bonds. The Bertz CT molecular complexity index is 509. The topological polar surface area (TPSA) is 35.5 Å². The summed E-state index contributed by atoms with van der Waals surface area (Å²) < 4.78 is 0. The van der Waals surface area contributed by atoms with Gasteiger partial charge in [-0.05, 0) is 62.0 Å². The maximum atomic E-state index is 10.3. The summed E-state index contributed by atoms with van der Waals surface area (Å²) in [6.07, 6.45) is 11.0. The molecule has 1 saturated carbocycles. The van der Waals surface area contributed by atoms with Gasteiger partial charge in [-0.1, -0.05) is 12.8 Å². The number of likely N-dealkylation sites (tertiary alicyclic amines) is 1. The summed E-state index contributed by atoms with van der Waals surface area (Å²) in [7, 11) is 0. The summed E-state index contributed by atoms with van der Waals surface area (Å²) in [5, 5.41) is 16.5. The molecule has 1 saturated heterocycles. The number of aliphatic hydroxyl groups is 1. The van der Waals surface area contributed by atoms with Crippen LogP contribution in [0.3, 0.4) is 0 Å². The number of piperidine rings is 1. The Hall–Kier alpha value is -0.420. The zero-order valence-electron chi connectivity index (χ0n) is 14.0. The number of thiophene rings is 1. The fraction of sp³-hybridized carbons (Fsp3) is 0.789. The molecule has 1 aliphatic heterocycles. The van der Waals surface area contributed by atoms with E-state index in [1.54, 1.807) is 10.4 Å². The van der Waals surface area contributed by atoms with Gasteiger partial charge in [-0.3, -0.25) is 4.90 Å². The molecule has 2 fully saturated rings. The first kappa shape index (κ1) is 16.1. The van der Waals surface area contributed by atoms with E-state index in [1.807, 2.05) is 11.3 Å². The number of hydrogen-bond donors (Lipinski definition) is 2. The molecule has 4 heteroatoms. The van der Waals surface area contributed by atoms with Gasteiger partial charge in [0.2, 0.25) is 0 Å². The predicted molar refractivity (Wildman–Crippen MR) is 96.0 cm³/mol. The van der Waals surface area contributed by atoms with Crippen LogP contribution in [0.4, 0.5) is 0 Å². The fourth-order valence-electron chi connectivity index (χ4n) is 4.86. The van der Waals surface area contributed by atoms with Gasteiger partial charge in [0, 0.05) is 36.1 Å². The SMILES string of the molecule is OC1CCCCC1N1CCC(NC2CCCc3sccc32)CC1. The van der Waals surface area contributed by atoms with Gasteiger partial charge in [0.25, 0.3) is 0 Å². The standard InChI is InChI=1S/C19H30N2OS/c22-18-6-2-1-5-17(18)21-11-8-14(9-12-21)20-16-4-3-7-19-15(16)10-13-23-19/h10,13-14,16-18,20,22H,1-9,11-12H2. The second-order valence-corrected chi connectivity index (χ2v) is 8.64. The van der Waals surface area contributed by atoms with E-state index >= 15 is 0 Å². The number of aryl methyl sites for hydroxylation is 1. The quantitative estimate of drug-likeness (QED) is 0.888. The molecule has 23 heavy (non-hydrogen) atoms. The number of hydrogen-bond acceptors (Lipinski definition) is 4. The minimum Gasteiger partial charge on any atom is -0.391 e. The van der Waals surface area contributed by atoms with Crippen LogP contribution in [0, 0.1) is 0 Å². The van der Waals surface area contributed by atoms with Crippen molar-refractivity contribution in [3.05, 3.63) is 21.9 Å². The number of nitrogens with zero attached hydrogens (tertiary/aromatic N) is 1. The van der Waals surface area contributed by atoms with Crippen molar-refractivity contribution in [2.24, 2.45) is 0 Å². The molecule has 128 valence electrons. The van der Waals surface area contributed by atoms with E-state index in [0.29, 0.717) is 18.1 Å². The minimum atomic E-state index is -0.0834. The third kappa shape index (κ3) is 3.51. The van der Waals surface area contributed by atoms with Crippen LogP contribution >= 0.6 is 11.3 Å². The van der Waals surface area contributed by atoms with Crippen molar-refractivity contribution in [2.75, 3.05) is 13.1 Å². The predicted octanol–water partition coefficient (Wildman–Crippen LogP) is 3.48. The van der Waals surface area contributed by atoms with Crippen LogP contribution in [-0.2, 0) is 6.42 Å². The van der Waals surface area contributed by atoms with Crippen LogP contribution in [0.1, 0.15) is 67.8 Å². The summed E-state index contributed by atoms with van der Waals surface area (Å²) >= 11 is 1.93. The van der Waals surface area contributed by atoms with Crippen molar-refractivity contribution < 1.29 is 5.11 Å². The molecule has 3 atom stereocenters. The monoisotopic (exact) mass is 334 g/mol. The zero-order valence-corrected chi connectivity index (χ0v) is 14.9. The maximum Gasteiger partial charge on any atom is 0.0695 e. The summed E-state index contributed by atoms with van der Waals surface area (Å²) in [6.45, 7) is 2.31. The van der Waals surface area contributed by atoms with Crippen LogP contribution in [0.2, 0.25) is 0 Å². The highest BCUT2D eigenvalue weighted by Gasteiger charge is 2.32. The molecule has 3 nitrogen and oxygen atoms in total. The third-order valence-corrected chi connectivity index (χ3v) is 7.18. The Morgan fingerprint density at radius 2 is 1.87 bits per heavy atom. The number of nitrogens with one attached hydrogen (secondary N) is 1. The first-order valence-electron chi connectivity index (χ1n) is 9.55. The minimum absolute atomic E-state index is 0.0834. The van der Waals surface area contributed by atoms with E-state index in [4.69, 9.17) is 0 Å². The van der Waals surface area contributed by atoms with E-state index < -0.39 is 0 Å². The van der Waals surface area contributed by atoms with Gasteiger partial charge in [-0.25, -0.2) is 0 Å². The van der Waals surface area contributed by atoms with Crippen molar-refractivity contribution in [3.8, 4) is 0 Å². The molecule has 2 N–H and O–H groups in total. The number of fused-ring (bicyclic) bond motifs is 1. The second kappa shape index (κ2) is 7.22. The van der Waals surface area contributed by atoms with E-state index in [2.05, 4.69) is 21.7 Å². The lowest BCUT2D eigenvalue weighted by Gasteiger charge is -2.42. The van der Waals surface area contributed by atoms with Gasteiger partial charge in [0.15, 0.2) is 0 Å². The average Bonchev–Trinajstić information content (AvgIpc) is 3.06. The number of rotatable bonds is 3. The van der Waals surface area contributed by atoms with Crippen molar-refractivity contribution in [2.45, 2.75) is 82.0 Å². The van der Waals surface area contributed by atoms with Gasteiger partial charge in [-0.15, -0.1) is 11.3 Å². The van der Waals surface area contributed by atoms with Gasteiger partial charge >= 0.3 is 0 Å². The molecule has 0 radical (unpaired) electrons. The molecule has 2 aliphatic carbocycles. The Labute approximate surface area is 144 Å². The Morgan fingerprint density at radius 1 is 1.04 bits per heavy atom. The fourth-order valence-corrected chi connectivity index (χ4v) is 5.85. The molecule has 0 spiro atoms. The van der Waals surface area contributed by atoms with Crippen LogP contribution < -0.4 is 5.32 Å². The van der Waals surface area contributed by atoms with Crippen molar-refractivity contribution in [3.63, 3.8) is 0 Å². The molecule has 0 bridgehead atoms. The lowest BCUT2D eigenvalue weighted by molar-refractivity contribution is 0.00648. The Kier molecular flexibility index (Phi) is 5.04. The van der Waals surface area contributed by atoms with Gasteiger partial charge in [0.1, 0.15) is 0 Å². The van der Waals surface area contributed by atoms with Crippen molar-refractivity contribution in [1.82, 2.24) is 10.2 Å². The van der Waals surface area contributed by atoms with Crippen LogP contribution in [0.5, 0.6) is 0 Å². The van der Waals surface area contributed by atoms with Crippen LogP contribution in [0.25, 0.3) is 0 Å². The van der Waals surface area contributed by atoms with Crippen molar-refractivity contribution in [1.29, 1.82) is 0 Å². The van der Waals surface area contributed by atoms with E-state index in [0.717, 1.165) is 19.5 Å². The average molecular weight is 335 g/mol. The molecule has 1 aromatic rings. The Morgan fingerprint density at radius 3 is 2.70 bits per heavy atom. The highest BCUT2D eigenvalue weighted by Crippen LogP contribution is 2.34. The molecular formula is C19H30N2OS. The Balaban J connectivity index is 1.31. The summed E-state index contributed by atoms with van der Waals surface area (Å²) in [5.74, 6) is 0.